The van der Waals surface area contributed by atoms with Crippen molar-refractivity contribution in [2.24, 2.45) is 0 Å². The lowest BCUT2D eigenvalue weighted by Crippen LogP contribution is -2.46. The Morgan fingerprint density at radius 2 is 1.75 bits per heavy atom. The summed E-state index contributed by atoms with van der Waals surface area (Å²) in [4.78, 5) is 4.82. The molecule has 0 bridgehead atoms. The van der Waals surface area contributed by atoms with Crippen LogP contribution in [0.15, 0.2) is 12.7 Å². The van der Waals surface area contributed by atoms with E-state index in [1.165, 1.54) is 0 Å². The van der Waals surface area contributed by atoms with Gasteiger partial charge in [0.2, 0.25) is 0 Å². The maximum absolute atomic E-state index is 5.66. The van der Waals surface area contributed by atoms with Gasteiger partial charge in [-0.1, -0.05) is 6.08 Å². The van der Waals surface area contributed by atoms with Gasteiger partial charge in [0.1, 0.15) is 0 Å². The van der Waals surface area contributed by atoms with Gasteiger partial charge in [0, 0.05) is 45.1 Å². The van der Waals surface area contributed by atoms with Crippen LogP contribution in [0, 0.1) is 0 Å². The number of nitrogens with zero attached hydrogens (tertiary/aromatic N) is 2. The summed E-state index contributed by atoms with van der Waals surface area (Å²) in [5.41, 5.74) is 0. The predicted molar refractivity (Wildman–Crippen MR) is 53.8 cm³/mol. The molecule has 0 saturated carbocycles. The van der Waals surface area contributed by atoms with Crippen LogP contribution in [0.25, 0.3) is 0 Å². The van der Waals surface area contributed by atoms with Crippen molar-refractivity contribution in [2.45, 2.75) is 0 Å². The quantitative estimate of drug-likeness (QED) is 0.481. The zero-order chi connectivity index (χ0) is 8.81. The molecule has 0 amide bonds. The molecule has 0 aromatic heterocycles. The van der Waals surface area contributed by atoms with Crippen LogP contribution in [0.4, 0.5) is 0 Å². The zero-order valence-corrected chi connectivity index (χ0v) is 8.26. The highest BCUT2D eigenvalue weighted by atomic mass is 35.5. The van der Waals surface area contributed by atoms with Crippen molar-refractivity contribution in [1.82, 2.24) is 9.80 Å². The zero-order valence-electron chi connectivity index (χ0n) is 7.51. The number of rotatable bonds is 4. The Balaban J connectivity index is 2.15. The molecule has 12 heavy (non-hydrogen) atoms. The first-order chi connectivity index (χ1) is 5.86. The average Bonchev–Trinajstić information content (AvgIpc) is 2.09. The molecule has 2 nitrogen and oxygen atoms in total. The molecule has 1 fully saturated rings. The second-order valence-corrected chi connectivity index (χ2v) is 3.50. The fraction of sp³-hybridized carbons (Fsp3) is 0.778. The molecule has 0 radical (unpaired) electrons. The Labute approximate surface area is 79.8 Å². The van der Waals surface area contributed by atoms with Gasteiger partial charge in [-0.15, -0.1) is 18.2 Å². The molecule has 0 spiro atoms. The second kappa shape index (κ2) is 5.57. The van der Waals surface area contributed by atoms with E-state index in [1.807, 2.05) is 6.08 Å². The van der Waals surface area contributed by atoms with Gasteiger partial charge in [0.15, 0.2) is 0 Å². The third-order valence-electron chi connectivity index (χ3n) is 2.25. The summed E-state index contributed by atoms with van der Waals surface area (Å²) in [5, 5.41) is 0. The molecule has 0 N–H and O–H groups in total. The lowest BCUT2D eigenvalue weighted by atomic mass is 10.3. The van der Waals surface area contributed by atoms with Crippen molar-refractivity contribution in [1.29, 1.82) is 0 Å². The van der Waals surface area contributed by atoms with E-state index in [2.05, 4.69) is 16.4 Å². The minimum atomic E-state index is 0.751. The second-order valence-electron chi connectivity index (χ2n) is 3.12. The average molecular weight is 189 g/mol. The normalized spacial score (nSPS) is 21.1. The number of hydrogen-bond acceptors (Lipinski definition) is 2. The molecule has 0 aromatic carbocycles. The van der Waals surface area contributed by atoms with Crippen LogP contribution in [0.2, 0.25) is 0 Å². The molecule has 3 heteroatoms. The third-order valence-corrected chi connectivity index (χ3v) is 2.42. The monoisotopic (exact) mass is 188 g/mol. The van der Waals surface area contributed by atoms with E-state index in [0.717, 1.165) is 45.1 Å². The Morgan fingerprint density at radius 3 is 2.25 bits per heavy atom. The van der Waals surface area contributed by atoms with E-state index < -0.39 is 0 Å². The Hall–Kier alpha value is -0.0500. The SMILES string of the molecule is C=CCN1CCN(CCCl)CC1. The molecular weight excluding hydrogens is 172 g/mol. The fourth-order valence-corrected chi connectivity index (χ4v) is 1.74. The van der Waals surface area contributed by atoms with Crippen LogP contribution in [0.3, 0.4) is 0 Å². The third kappa shape index (κ3) is 3.13. The molecule has 1 rings (SSSR count). The van der Waals surface area contributed by atoms with Crippen LogP contribution in [-0.2, 0) is 0 Å². The summed E-state index contributed by atoms with van der Waals surface area (Å²) in [6, 6.07) is 0. The summed E-state index contributed by atoms with van der Waals surface area (Å²) in [5.74, 6) is 0.751. The first-order valence-corrected chi connectivity index (χ1v) is 5.02. The highest BCUT2D eigenvalue weighted by molar-refractivity contribution is 6.18. The van der Waals surface area contributed by atoms with Crippen LogP contribution < -0.4 is 0 Å². The Bertz CT molecular complexity index is 130. The predicted octanol–water partition coefficient (Wildman–Crippen LogP) is 1.03. The summed E-state index contributed by atoms with van der Waals surface area (Å²) in [6.07, 6.45) is 1.97. The van der Waals surface area contributed by atoms with E-state index in [-0.39, 0.29) is 0 Å². The highest BCUT2D eigenvalue weighted by Crippen LogP contribution is 2.01. The molecule has 1 aliphatic rings. The molecule has 1 aliphatic heterocycles. The number of alkyl halides is 1. The summed E-state index contributed by atoms with van der Waals surface area (Å²) in [6.45, 7) is 10.4. The maximum Gasteiger partial charge on any atom is 0.0351 e. The molecule has 0 aromatic rings. The van der Waals surface area contributed by atoms with E-state index in [9.17, 15) is 0 Å². The first-order valence-electron chi connectivity index (χ1n) is 4.48. The number of halogens is 1. The van der Waals surface area contributed by atoms with E-state index >= 15 is 0 Å². The molecule has 70 valence electrons. The van der Waals surface area contributed by atoms with Crippen LogP contribution >= 0.6 is 11.6 Å². The molecule has 0 aliphatic carbocycles. The molecular formula is C9H17ClN2. The fourth-order valence-electron chi connectivity index (χ4n) is 1.50. The molecule has 1 saturated heterocycles. The topological polar surface area (TPSA) is 6.48 Å². The van der Waals surface area contributed by atoms with Crippen molar-refractivity contribution in [3.63, 3.8) is 0 Å². The minimum absolute atomic E-state index is 0.751. The van der Waals surface area contributed by atoms with Crippen molar-refractivity contribution in [3.05, 3.63) is 12.7 Å². The van der Waals surface area contributed by atoms with Crippen molar-refractivity contribution >= 4 is 11.6 Å². The van der Waals surface area contributed by atoms with Crippen molar-refractivity contribution in [3.8, 4) is 0 Å². The Kier molecular flexibility index (Phi) is 4.66. The van der Waals surface area contributed by atoms with Gasteiger partial charge >= 0.3 is 0 Å². The van der Waals surface area contributed by atoms with Gasteiger partial charge in [-0.2, -0.15) is 0 Å². The number of piperazine rings is 1. The molecule has 0 atom stereocenters. The van der Waals surface area contributed by atoms with Gasteiger partial charge in [-0.3, -0.25) is 9.80 Å². The minimum Gasteiger partial charge on any atom is -0.300 e. The van der Waals surface area contributed by atoms with E-state index in [4.69, 9.17) is 11.6 Å². The lowest BCUT2D eigenvalue weighted by Gasteiger charge is -2.33. The van der Waals surface area contributed by atoms with Gasteiger partial charge in [0.25, 0.3) is 0 Å². The highest BCUT2D eigenvalue weighted by Gasteiger charge is 2.14. The van der Waals surface area contributed by atoms with Crippen LogP contribution in [0.1, 0.15) is 0 Å². The first kappa shape index (κ1) is 10.0. The van der Waals surface area contributed by atoms with Gasteiger partial charge in [0.05, 0.1) is 0 Å². The summed E-state index contributed by atoms with van der Waals surface area (Å²) < 4.78 is 0. The largest absolute Gasteiger partial charge is 0.300 e. The van der Waals surface area contributed by atoms with E-state index in [0.29, 0.717) is 0 Å². The van der Waals surface area contributed by atoms with Gasteiger partial charge in [-0.25, -0.2) is 0 Å². The van der Waals surface area contributed by atoms with E-state index in [1.54, 1.807) is 0 Å². The Morgan fingerprint density at radius 1 is 1.17 bits per heavy atom. The van der Waals surface area contributed by atoms with Gasteiger partial charge in [-0.05, 0) is 0 Å². The van der Waals surface area contributed by atoms with Crippen LogP contribution in [0.5, 0.6) is 0 Å². The number of hydrogen-bond donors (Lipinski definition) is 0. The lowest BCUT2D eigenvalue weighted by molar-refractivity contribution is 0.149. The van der Waals surface area contributed by atoms with Crippen LogP contribution in [-0.4, -0.2) is 54.9 Å². The van der Waals surface area contributed by atoms with Crippen molar-refractivity contribution in [2.75, 3.05) is 45.1 Å². The van der Waals surface area contributed by atoms with Gasteiger partial charge < -0.3 is 0 Å². The summed E-state index contributed by atoms with van der Waals surface area (Å²) in [7, 11) is 0. The summed E-state index contributed by atoms with van der Waals surface area (Å²) >= 11 is 5.66. The molecule has 0 unspecified atom stereocenters. The maximum atomic E-state index is 5.66. The standard InChI is InChI=1S/C9H17ClN2/c1-2-4-11-6-8-12(5-3-10)9-7-11/h2H,1,3-9H2. The van der Waals surface area contributed by atoms with Crippen molar-refractivity contribution < 1.29 is 0 Å². The molecule has 1 heterocycles. The smallest absolute Gasteiger partial charge is 0.0351 e.